The quantitative estimate of drug-likeness (QED) is 0.548. The summed E-state index contributed by atoms with van der Waals surface area (Å²) in [6, 6.07) is 28.4. The molecule has 2 heteroatoms. The lowest BCUT2D eigenvalue weighted by molar-refractivity contribution is 0.230. The summed E-state index contributed by atoms with van der Waals surface area (Å²) < 4.78 is 6.08. The highest BCUT2D eigenvalue weighted by atomic mass is 35.5. The van der Waals surface area contributed by atoms with Gasteiger partial charge in [0.15, 0.2) is 0 Å². The minimum atomic E-state index is -0.145. The second-order valence-electron chi connectivity index (χ2n) is 5.07. The summed E-state index contributed by atoms with van der Waals surface area (Å²) in [4.78, 5) is 0. The third kappa shape index (κ3) is 3.49. The Balaban J connectivity index is 1.83. The van der Waals surface area contributed by atoms with Gasteiger partial charge >= 0.3 is 0 Å². The number of halogens is 1. The van der Waals surface area contributed by atoms with Crippen LogP contribution in [-0.4, -0.2) is 5.88 Å². The van der Waals surface area contributed by atoms with Crippen molar-refractivity contribution in [1.82, 2.24) is 0 Å². The first-order chi connectivity index (χ1) is 10.9. The van der Waals surface area contributed by atoms with Gasteiger partial charge in [-0.2, -0.15) is 0 Å². The molecule has 0 fully saturated rings. The van der Waals surface area contributed by atoms with Crippen LogP contribution in [0.25, 0.3) is 11.1 Å². The minimum absolute atomic E-state index is 0.145. The van der Waals surface area contributed by atoms with Crippen LogP contribution in [0.1, 0.15) is 11.7 Å². The molecule has 3 aromatic rings. The topological polar surface area (TPSA) is 9.23 Å². The minimum Gasteiger partial charge on any atom is -0.484 e. The van der Waals surface area contributed by atoms with E-state index in [4.69, 9.17) is 16.3 Å². The smallest absolute Gasteiger partial charge is 0.137 e. The predicted octanol–water partition coefficient (Wildman–Crippen LogP) is 5.71. The van der Waals surface area contributed by atoms with E-state index in [0.717, 1.165) is 16.9 Å². The highest BCUT2D eigenvalue weighted by Crippen LogP contribution is 2.27. The lowest BCUT2D eigenvalue weighted by atomic mass is 10.1. The van der Waals surface area contributed by atoms with Gasteiger partial charge in [0.25, 0.3) is 0 Å². The van der Waals surface area contributed by atoms with E-state index in [1.807, 2.05) is 60.7 Å². The number of hydrogen-bond acceptors (Lipinski definition) is 1. The maximum Gasteiger partial charge on any atom is 0.137 e. The van der Waals surface area contributed by atoms with Gasteiger partial charge in [-0.25, -0.2) is 0 Å². The highest BCUT2D eigenvalue weighted by Gasteiger charge is 2.12. The molecule has 0 amide bonds. The molecule has 1 unspecified atom stereocenters. The summed E-state index contributed by atoms with van der Waals surface area (Å²) in [5.41, 5.74) is 3.40. The van der Waals surface area contributed by atoms with E-state index < -0.39 is 0 Å². The maximum absolute atomic E-state index is 6.08. The zero-order valence-electron chi connectivity index (χ0n) is 12.2. The van der Waals surface area contributed by atoms with E-state index in [2.05, 4.69) is 24.3 Å². The Bertz CT molecular complexity index is 710. The number of rotatable bonds is 5. The number of benzene rings is 3. The summed E-state index contributed by atoms with van der Waals surface area (Å²) in [6.45, 7) is 0. The van der Waals surface area contributed by atoms with Crippen LogP contribution < -0.4 is 4.74 Å². The molecule has 110 valence electrons. The standard InChI is InChI=1S/C20H17ClO/c21-15-20(17-10-5-2-6-11-17)22-19-13-7-12-18(14-19)16-8-3-1-4-9-16/h1-14,20H,15H2. The van der Waals surface area contributed by atoms with Crippen LogP contribution in [0.3, 0.4) is 0 Å². The molecule has 3 rings (SSSR count). The molecule has 0 aliphatic carbocycles. The molecule has 22 heavy (non-hydrogen) atoms. The Kier molecular flexibility index (Phi) is 4.77. The van der Waals surface area contributed by atoms with Crippen LogP contribution in [-0.2, 0) is 0 Å². The molecule has 0 N–H and O–H groups in total. The summed E-state index contributed by atoms with van der Waals surface area (Å²) in [5, 5.41) is 0. The van der Waals surface area contributed by atoms with Gasteiger partial charge in [0, 0.05) is 0 Å². The molecule has 0 aliphatic heterocycles. The largest absolute Gasteiger partial charge is 0.484 e. The van der Waals surface area contributed by atoms with Gasteiger partial charge in [-0.05, 0) is 28.8 Å². The van der Waals surface area contributed by atoms with Gasteiger partial charge in [0.2, 0.25) is 0 Å². The van der Waals surface area contributed by atoms with Crippen LogP contribution in [0.5, 0.6) is 5.75 Å². The molecule has 0 radical (unpaired) electrons. The van der Waals surface area contributed by atoms with Crippen molar-refractivity contribution in [2.75, 3.05) is 5.88 Å². The number of alkyl halides is 1. The fourth-order valence-electron chi connectivity index (χ4n) is 2.40. The first-order valence-electron chi connectivity index (χ1n) is 7.30. The lowest BCUT2D eigenvalue weighted by Gasteiger charge is -2.17. The fraction of sp³-hybridized carbons (Fsp3) is 0.100. The average molecular weight is 309 g/mol. The van der Waals surface area contributed by atoms with Crippen molar-refractivity contribution in [1.29, 1.82) is 0 Å². The third-order valence-electron chi connectivity index (χ3n) is 3.53. The molecule has 0 aromatic heterocycles. The van der Waals surface area contributed by atoms with Crippen LogP contribution in [0, 0.1) is 0 Å². The highest BCUT2D eigenvalue weighted by molar-refractivity contribution is 6.18. The molecular formula is C20H17ClO. The summed E-state index contributed by atoms with van der Waals surface area (Å²) in [7, 11) is 0. The van der Waals surface area contributed by atoms with Crippen molar-refractivity contribution in [2.45, 2.75) is 6.10 Å². The molecule has 0 spiro atoms. The van der Waals surface area contributed by atoms with Crippen molar-refractivity contribution >= 4 is 11.6 Å². The Morgan fingerprint density at radius 3 is 2.05 bits per heavy atom. The van der Waals surface area contributed by atoms with E-state index in [0.29, 0.717) is 5.88 Å². The van der Waals surface area contributed by atoms with Crippen LogP contribution >= 0.6 is 11.6 Å². The van der Waals surface area contributed by atoms with E-state index in [-0.39, 0.29) is 6.10 Å². The Morgan fingerprint density at radius 1 is 0.727 bits per heavy atom. The third-order valence-corrected chi connectivity index (χ3v) is 3.81. The zero-order valence-corrected chi connectivity index (χ0v) is 12.9. The first kappa shape index (κ1) is 14.7. The van der Waals surface area contributed by atoms with E-state index >= 15 is 0 Å². The van der Waals surface area contributed by atoms with Crippen molar-refractivity contribution in [3.8, 4) is 16.9 Å². The molecule has 0 saturated heterocycles. The predicted molar refractivity (Wildman–Crippen MR) is 92.4 cm³/mol. The average Bonchev–Trinajstić information content (AvgIpc) is 2.61. The van der Waals surface area contributed by atoms with E-state index in [1.165, 1.54) is 5.56 Å². The molecule has 0 aliphatic rings. The summed E-state index contributed by atoms with van der Waals surface area (Å²) in [5.74, 6) is 1.25. The fourth-order valence-corrected chi connectivity index (χ4v) is 2.64. The number of ether oxygens (including phenoxy) is 1. The lowest BCUT2D eigenvalue weighted by Crippen LogP contribution is -2.09. The van der Waals surface area contributed by atoms with Crippen molar-refractivity contribution in [2.24, 2.45) is 0 Å². The molecule has 0 saturated carbocycles. The normalized spacial score (nSPS) is 11.9. The van der Waals surface area contributed by atoms with Crippen LogP contribution in [0.2, 0.25) is 0 Å². The van der Waals surface area contributed by atoms with Gasteiger partial charge < -0.3 is 4.74 Å². The molecule has 0 heterocycles. The van der Waals surface area contributed by atoms with Gasteiger partial charge in [0.1, 0.15) is 11.9 Å². The molecule has 1 nitrogen and oxygen atoms in total. The van der Waals surface area contributed by atoms with E-state index in [9.17, 15) is 0 Å². The van der Waals surface area contributed by atoms with Crippen molar-refractivity contribution in [3.63, 3.8) is 0 Å². The Labute approximate surface area is 136 Å². The SMILES string of the molecule is ClCC(Oc1cccc(-c2ccccc2)c1)c1ccccc1. The molecule has 3 aromatic carbocycles. The molecule has 0 bridgehead atoms. The van der Waals surface area contributed by atoms with Gasteiger partial charge in [-0.1, -0.05) is 72.8 Å². The number of hydrogen-bond donors (Lipinski definition) is 0. The van der Waals surface area contributed by atoms with Crippen LogP contribution in [0.4, 0.5) is 0 Å². The second-order valence-corrected chi connectivity index (χ2v) is 5.37. The monoisotopic (exact) mass is 308 g/mol. The maximum atomic E-state index is 6.08. The molecule has 1 atom stereocenters. The molecular weight excluding hydrogens is 292 g/mol. The van der Waals surface area contributed by atoms with Crippen LogP contribution in [0.15, 0.2) is 84.9 Å². The zero-order chi connectivity index (χ0) is 15.2. The summed E-state index contributed by atoms with van der Waals surface area (Å²) in [6.07, 6.45) is -0.145. The Hall–Kier alpha value is -2.25. The Morgan fingerprint density at radius 2 is 1.36 bits per heavy atom. The second kappa shape index (κ2) is 7.15. The summed E-state index contributed by atoms with van der Waals surface area (Å²) >= 11 is 6.08. The van der Waals surface area contributed by atoms with Gasteiger partial charge in [0.05, 0.1) is 5.88 Å². The first-order valence-corrected chi connectivity index (χ1v) is 7.83. The van der Waals surface area contributed by atoms with Crippen molar-refractivity contribution < 1.29 is 4.74 Å². The van der Waals surface area contributed by atoms with Crippen molar-refractivity contribution in [3.05, 3.63) is 90.5 Å². The van der Waals surface area contributed by atoms with Gasteiger partial charge in [-0.3, -0.25) is 0 Å². The van der Waals surface area contributed by atoms with Gasteiger partial charge in [-0.15, -0.1) is 11.6 Å². The van der Waals surface area contributed by atoms with E-state index in [1.54, 1.807) is 0 Å².